The van der Waals surface area contributed by atoms with Gasteiger partial charge < -0.3 is 10.6 Å². The van der Waals surface area contributed by atoms with Crippen LogP contribution in [0, 0.1) is 5.82 Å². The third-order valence-corrected chi connectivity index (χ3v) is 4.65. The molecule has 0 saturated carbocycles. The fourth-order valence-corrected chi connectivity index (χ4v) is 3.19. The molecule has 6 heteroatoms. The largest absolute Gasteiger partial charge is 0.337 e. The number of carbonyl (C=O) groups excluding carboxylic acids is 1. The lowest BCUT2D eigenvalue weighted by Crippen LogP contribution is -2.31. The first-order valence-electron chi connectivity index (χ1n) is 7.28. The maximum Gasteiger partial charge on any atom is 0.319 e. The third-order valence-electron chi connectivity index (χ3n) is 3.38. The molecule has 0 radical (unpaired) electrons. The lowest BCUT2D eigenvalue weighted by molar-refractivity contribution is 0.251. The highest BCUT2D eigenvalue weighted by Gasteiger charge is 2.12. The summed E-state index contributed by atoms with van der Waals surface area (Å²) in [5, 5.41) is 6.38. The van der Waals surface area contributed by atoms with Gasteiger partial charge in [-0.15, -0.1) is 11.3 Å². The predicted octanol–water partition coefficient (Wildman–Crippen LogP) is 4.36. The first kappa shape index (κ1) is 15.4. The van der Waals surface area contributed by atoms with Gasteiger partial charge in [0.1, 0.15) is 5.82 Å². The third kappa shape index (κ3) is 3.84. The number of para-hydroxylation sites is 1. The van der Waals surface area contributed by atoms with E-state index in [1.165, 1.54) is 12.1 Å². The van der Waals surface area contributed by atoms with Gasteiger partial charge in [-0.25, -0.2) is 14.2 Å². The van der Waals surface area contributed by atoms with Gasteiger partial charge in [-0.05, 0) is 30.3 Å². The van der Waals surface area contributed by atoms with Gasteiger partial charge in [0.15, 0.2) is 0 Å². The number of aromatic nitrogens is 1. The standard InChI is InChI=1S/C17H16FN3OS/c1-11(16-21-14-7-2-3-8-15(14)23-16)10-19-17(22)20-13-6-4-5-12(18)9-13/h2-9,11H,10H2,1H3,(H2,19,20,22)/t11-/m0/s1. The molecule has 0 aliphatic heterocycles. The van der Waals surface area contributed by atoms with Crippen LogP contribution < -0.4 is 10.6 Å². The summed E-state index contributed by atoms with van der Waals surface area (Å²) in [7, 11) is 0. The van der Waals surface area contributed by atoms with E-state index in [-0.39, 0.29) is 17.8 Å². The zero-order valence-corrected chi connectivity index (χ0v) is 13.4. The summed E-state index contributed by atoms with van der Waals surface area (Å²) in [6.45, 7) is 2.47. The quantitative estimate of drug-likeness (QED) is 0.747. The topological polar surface area (TPSA) is 54.0 Å². The smallest absolute Gasteiger partial charge is 0.319 e. The van der Waals surface area contributed by atoms with Gasteiger partial charge in [-0.3, -0.25) is 0 Å². The summed E-state index contributed by atoms with van der Waals surface area (Å²) in [4.78, 5) is 16.5. The Kier molecular flexibility index (Phi) is 4.52. The summed E-state index contributed by atoms with van der Waals surface area (Å²) >= 11 is 1.63. The van der Waals surface area contributed by atoms with Crippen molar-refractivity contribution in [3.8, 4) is 0 Å². The van der Waals surface area contributed by atoms with Crippen LogP contribution in [0.5, 0.6) is 0 Å². The van der Waals surface area contributed by atoms with Crippen LogP contribution in [0.2, 0.25) is 0 Å². The molecular formula is C17H16FN3OS. The van der Waals surface area contributed by atoms with Crippen molar-refractivity contribution in [3.63, 3.8) is 0 Å². The van der Waals surface area contributed by atoms with E-state index < -0.39 is 0 Å². The fraction of sp³-hybridized carbons (Fsp3) is 0.176. The molecule has 3 rings (SSSR count). The molecule has 1 aromatic heterocycles. The van der Waals surface area contributed by atoms with Crippen molar-refractivity contribution in [2.75, 3.05) is 11.9 Å². The van der Waals surface area contributed by atoms with Crippen molar-refractivity contribution < 1.29 is 9.18 Å². The summed E-state index contributed by atoms with van der Waals surface area (Å²) in [6.07, 6.45) is 0. The van der Waals surface area contributed by atoms with Crippen LogP contribution in [-0.2, 0) is 0 Å². The number of rotatable bonds is 4. The van der Waals surface area contributed by atoms with Gasteiger partial charge in [0.05, 0.1) is 15.2 Å². The van der Waals surface area contributed by atoms with Crippen molar-refractivity contribution in [2.24, 2.45) is 0 Å². The van der Waals surface area contributed by atoms with E-state index in [0.29, 0.717) is 12.2 Å². The number of carbonyl (C=O) groups is 1. The van der Waals surface area contributed by atoms with Crippen molar-refractivity contribution in [2.45, 2.75) is 12.8 Å². The number of urea groups is 1. The molecule has 1 atom stereocenters. The Hall–Kier alpha value is -2.47. The highest BCUT2D eigenvalue weighted by molar-refractivity contribution is 7.18. The van der Waals surface area contributed by atoms with Gasteiger partial charge in [-0.2, -0.15) is 0 Å². The van der Waals surface area contributed by atoms with Crippen LogP contribution >= 0.6 is 11.3 Å². The molecular weight excluding hydrogens is 313 g/mol. The zero-order valence-electron chi connectivity index (χ0n) is 12.5. The highest BCUT2D eigenvalue weighted by Crippen LogP contribution is 2.26. The second kappa shape index (κ2) is 6.75. The number of amides is 2. The van der Waals surface area contributed by atoms with Crippen molar-refractivity contribution in [1.29, 1.82) is 0 Å². The molecule has 3 aromatic rings. The van der Waals surface area contributed by atoms with Gasteiger partial charge in [-0.1, -0.05) is 25.1 Å². The van der Waals surface area contributed by atoms with Gasteiger partial charge >= 0.3 is 6.03 Å². The number of thiazole rings is 1. The van der Waals surface area contributed by atoms with E-state index in [9.17, 15) is 9.18 Å². The molecule has 0 saturated heterocycles. The minimum Gasteiger partial charge on any atom is -0.337 e. The molecule has 118 valence electrons. The van der Waals surface area contributed by atoms with Crippen molar-refractivity contribution in [1.82, 2.24) is 10.3 Å². The number of fused-ring (bicyclic) bond motifs is 1. The van der Waals surface area contributed by atoms with Gasteiger partial charge in [0.2, 0.25) is 0 Å². The normalized spacial score (nSPS) is 12.1. The first-order valence-corrected chi connectivity index (χ1v) is 8.09. The lowest BCUT2D eigenvalue weighted by Gasteiger charge is -2.11. The van der Waals surface area contributed by atoms with Crippen LogP contribution in [0.25, 0.3) is 10.2 Å². The molecule has 0 aliphatic rings. The Balaban J connectivity index is 1.57. The fourth-order valence-electron chi connectivity index (χ4n) is 2.18. The number of nitrogens with zero attached hydrogens (tertiary/aromatic N) is 1. The van der Waals surface area contributed by atoms with Crippen LogP contribution in [-0.4, -0.2) is 17.6 Å². The maximum absolute atomic E-state index is 13.1. The highest BCUT2D eigenvalue weighted by atomic mass is 32.1. The molecule has 0 aliphatic carbocycles. The number of anilines is 1. The average Bonchev–Trinajstić information content (AvgIpc) is 2.97. The number of benzene rings is 2. The SMILES string of the molecule is C[C@@H](CNC(=O)Nc1cccc(F)c1)c1nc2ccccc2s1. The van der Waals surface area contributed by atoms with E-state index in [4.69, 9.17) is 0 Å². The minimum atomic E-state index is -0.384. The summed E-state index contributed by atoms with van der Waals surface area (Å²) in [6, 6.07) is 13.4. The van der Waals surface area contributed by atoms with Crippen molar-refractivity contribution >= 4 is 33.3 Å². The molecule has 23 heavy (non-hydrogen) atoms. The van der Waals surface area contributed by atoms with Crippen molar-refractivity contribution in [3.05, 3.63) is 59.4 Å². The molecule has 2 N–H and O–H groups in total. The van der Waals surface area contributed by atoms with E-state index in [1.54, 1.807) is 23.5 Å². The maximum atomic E-state index is 13.1. The number of nitrogens with one attached hydrogen (secondary N) is 2. The monoisotopic (exact) mass is 329 g/mol. The van der Waals surface area contributed by atoms with Crippen LogP contribution in [0.4, 0.5) is 14.9 Å². The van der Waals surface area contributed by atoms with E-state index in [0.717, 1.165) is 15.2 Å². The van der Waals surface area contributed by atoms with Gasteiger partial charge in [0.25, 0.3) is 0 Å². The van der Waals surface area contributed by atoms with Crippen LogP contribution in [0.15, 0.2) is 48.5 Å². The molecule has 0 bridgehead atoms. The molecule has 2 amide bonds. The van der Waals surface area contributed by atoms with Crippen LogP contribution in [0.3, 0.4) is 0 Å². The Morgan fingerprint density at radius 1 is 1.26 bits per heavy atom. The van der Waals surface area contributed by atoms with E-state index in [2.05, 4.69) is 15.6 Å². The summed E-state index contributed by atoms with van der Waals surface area (Å²) < 4.78 is 14.2. The Morgan fingerprint density at radius 3 is 2.87 bits per heavy atom. The van der Waals surface area contributed by atoms with E-state index >= 15 is 0 Å². The molecule has 1 heterocycles. The Bertz CT molecular complexity index is 800. The molecule has 0 spiro atoms. The second-order valence-electron chi connectivity index (χ2n) is 5.27. The molecule has 0 unspecified atom stereocenters. The van der Waals surface area contributed by atoms with Gasteiger partial charge in [0, 0.05) is 18.2 Å². The Morgan fingerprint density at radius 2 is 2.09 bits per heavy atom. The molecule has 4 nitrogen and oxygen atoms in total. The first-order chi connectivity index (χ1) is 11.1. The predicted molar refractivity (Wildman–Crippen MR) is 91.5 cm³/mol. The number of halogens is 1. The number of hydrogen-bond donors (Lipinski definition) is 2. The molecule has 0 fully saturated rings. The lowest BCUT2D eigenvalue weighted by atomic mass is 10.2. The minimum absolute atomic E-state index is 0.102. The number of hydrogen-bond acceptors (Lipinski definition) is 3. The van der Waals surface area contributed by atoms with Crippen LogP contribution in [0.1, 0.15) is 17.8 Å². The summed E-state index contributed by atoms with van der Waals surface area (Å²) in [5.74, 6) is -0.281. The second-order valence-corrected chi connectivity index (χ2v) is 6.33. The zero-order chi connectivity index (χ0) is 16.2. The Labute approximate surface area is 137 Å². The van der Waals surface area contributed by atoms with E-state index in [1.807, 2.05) is 31.2 Å². The molecule has 2 aromatic carbocycles. The average molecular weight is 329 g/mol. The summed E-state index contributed by atoms with van der Waals surface area (Å²) in [5.41, 5.74) is 1.40.